The lowest BCUT2D eigenvalue weighted by Gasteiger charge is -2.30. The minimum Gasteiger partial charge on any atom is -0.353 e. The molecule has 0 radical (unpaired) electrons. The summed E-state index contributed by atoms with van der Waals surface area (Å²) in [6.45, 7) is 2.96. The van der Waals surface area contributed by atoms with Crippen LogP contribution in [0.1, 0.15) is 31.5 Å². The molecule has 2 aromatic carbocycles. The van der Waals surface area contributed by atoms with Crippen LogP contribution >= 0.6 is 0 Å². The molecule has 1 amide bonds. The second kappa shape index (κ2) is 8.03. The normalized spacial score (nSPS) is 18.1. The summed E-state index contributed by atoms with van der Waals surface area (Å²) in [6.07, 6.45) is 4.29. The standard InChI is InChI=1S/C24H27N3O/c1-18(27-17-9-15-23(27)22-14-8-16-26(22)2)24(28)25-21-13-7-6-12-20(21)19-10-4-3-5-11-19/h3-8,10-14,16,18,23H,9,15,17H2,1-2H3,(H,25,28)/t18-,23+/m0/s1. The molecule has 2 atom stereocenters. The average Bonchev–Trinajstić information content (AvgIpc) is 3.37. The van der Waals surface area contributed by atoms with Crippen LogP contribution in [0.25, 0.3) is 11.1 Å². The molecule has 28 heavy (non-hydrogen) atoms. The Morgan fingerprint density at radius 2 is 1.79 bits per heavy atom. The summed E-state index contributed by atoms with van der Waals surface area (Å²) < 4.78 is 2.16. The predicted octanol–water partition coefficient (Wildman–Crippen LogP) is 4.86. The predicted molar refractivity (Wildman–Crippen MR) is 114 cm³/mol. The van der Waals surface area contributed by atoms with E-state index >= 15 is 0 Å². The fraction of sp³-hybridized carbons (Fsp3) is 0.292. The van der Waals surface area contributed by atoms with Gasteiger partial charge in [0.2, 0.25) is 5.91 Å². The summed E-state index contributed by atoms with van der Waals surface area (Å²) in [6, 6.07) is 22.5. The van der Waals surface area contributed by atoms with E-state index in [0.29, 0.717) is 6.04 Å². The fourth-order valence-electron chi connectivity index (χ4n) is 4.24. The number of aromatic nitrogens is 1. The third-order valence-electron chi connectivity index (χ3n) is 5.77. The first kappa shape index (κ1) is 18.5. The first-order valence-corrected chi connectivity index (χ1v) is 9.97. The van der Waals surface area contributed by atoms with Crippen molar-refractivity contribution in [1.29, 1.82) is 0 Å². The van der Waals surface area contributed by atoms with E-state index in [1.165, 1.54) is 5.69 Å². The molecule has 4 heteroatoms. The van der Waals surface area contributed by atoms with E-state index in [-0.39, 0.29) is 11.9 Å². The molecule has 4 nitrogen and oxygen atoms in total. The van der Waals surface area contributed by atoms with Crippen molar-refractivity contribution in [2.45, 2.75) is 31.8 Å². The van der Waals surface area contributed by atoms with Gasteiger partial charge in [-0.15, -0.1) is 0 Å². The van der Waals surface area contributed by atoms with Crippen molar-refractivity contribution in [2.24, 2.45) is 7.05 Å². The van der Waals surface area contributed by atoms with Gasteiger partial charge in [-0.3, -0.25) is 9.69 Å². The molecular formula is C24H27N3O. The summed E-state index contributed by atoms with van der Waals surface area (Å²) in [5.41, 5.74) is 4.29. The molecule has 1 N–H and O–H groups in total. The second-order valence-corrected chi connectivity index (χ2v) is 7.52. The molecular weight excluding hydrogens is 346 g/mol. The van der Waals surface area contributed by atoms with Gasteiger partial charge in [0, 0.05) is 30.2 Å². The highest BCUT2D eigenvalue weighted by Gasteiger charge is 2.34. The van der Waals surface area contributed by atoms with Crippen LogP contribution in [0.4, 0.5) is 5.69 Å². The molecule has 0 spiro atoms. The van der Waals surface area contributed by atoms with Crippen LogP contribution in [0.5, 0.6) is 0 Å². The Balaban J connectivity index is 1.54. The molecule has 3 aromatic rings. The lowest BCUT2D eigenvalue weighted by molar-refractivity contribution is -0.121. The molecule has 1 aromatic heterocycles. The first-order chi connectivity index (χ1) is 13.6. The Morgan fingerprint density at radius 3 is 2.54 bits per heavy atom. The Morgan fingerprint density at radius 1 is 1.04 bits per heavy atom. The van der Waals surface area contributed by atoms with Gasteiger partial charge in [0.15, 0.2) is 0 Å². The summed E-state index contributed by atoms with van der Waals surface area (Å²) >= 11 is 0. The highest BCUT2D eigenvalue weighted by atomic mass is 16.2. The van der Waals surface area contributed by atoms with Gasteiger partial charge >= 0.3 is 0 Å². The zero-order valence-electron chi connectivity index (χ0n) is 16.5. The number of anilines is 1. The van der Waals surface area contributed by atoms with E-state index < -0.39 is 0 Å². The van der Waals surface area contributed by atoms with Gasteiger partial charge in [-0.05, 0) is 50.1 Å². The lowest BCUT2D eigenvalue weighted by Crippen LogP contribution is -2.42. The third kappa shape index (κ3) is 3.60. The minimum absolute atomic E-state index is 0.0458. The quantitative estimate of drug-likeness (QED) is 0.694. The largest absolute Gasteiger partial charge is 0.353 e. The number of amides is 1. The monoisotopic (exact) mass is 373 g/mol. The van der Waals surface area contributed by atoms with Crippen LogP contribution in [-0.2, 0) is 11.8 Å². The van der Waals surface area contributed by atoms with Gasteiger partial charge in [0.25, 0.3) is 0 Å². The molecule has 0 saturated carbocycles. The molecule has 0 unspecified atom stereocenters. The van der Waals surface area contributed by atoms with Crippen LogP contribution < -0.4 is 5.32 Å². The van der Waals surface area contributed by atoms with Gasteiger partial charge < -0.3 is 9.88 Å². The van der Waals surface area contributed by atoms with Crippen LogP contribution in [-0.4, -0.2) is 28.0 Å². The van der Waals surface area contributed by atoms with Gasteiger partial charge in [-0.25, -0.2) is 0 Å². The molecule has 1 fully saturated rings. The van der Waals surface area contributed by atoms with Gasteiger partial charge in [0.1, 0.15) is 0 Å². The molecule has 1 saturated heterocycles. The Labute approximate surface area is 166 Å². The van der Waals surface area contributed by atoms with Crippen molar-refractivity contribution in [3.05, 3.63) is 78.6 Å². The van der Waals surface area contributed by atoms with Crippen molar-refractivity contribution in [3.8, 4) is 11.1 Å². The SMILES string of the molecule is C[C@@H](C(=O)Nc1ccccc1-c1ccccc1)N1CCC[C@@H]1c1cccn1C. The number of nitrogens with one attached hydrogen (secondary N) is 1. The maximum absolute atomic E-state index is 13.1. The molecule has 0 aliphatic carbocycles. The average molecular weight is 374 g/mol. The minimum atomic E-state index is -0.189. The molecule has 4 rings (SSSR count). The molecule has 1 aliphatic heterocycles. The zero-order chi connectivity index (χ0) is 19.5. The number of rotatable bonds is 5. The molecule has 1 aliphatic rings. The number of aryl methyl sites for hydroxylation is 1. The zero-order valence-corrected chi connectivity index (χ0v) is 16.5. The van der Waals surface area contributed by atoms with Gasteiger partial charge in [-0.2, -0.15) is 0 Å². The summed E-state index contributed by atoms with van der Waals surface area (Å²) in [5, 5.41) is 3.18. The molecule has 2 heterocycles. The van der Waals surface area contributed by atoms with Crippen molar-refractivity contribution in [1.82, 2.24) is 9.47 Å². The topological polar surface area (TPSA) is 37.3 Å². The van der Waals surface area contributed by atoms with E-state index in [2.05, 4.69) is 58.4 Å². The number of hydrogen-bond donors (Lipinski definition) is 1. The van der Waals surface area contributed by atoms with Crippen molar-refractivity contribution in [3.63, 3.8) is 0 Å². The highest BCUT2D eigenvalue weighted by molar-refractivity contribution is 5.98. The van der Waals surface area contributed by atoms with Gasteiger partial charge in [-0.1, -0.05) is 48.5 Å². The molecule has 144 valence electrons. The summed E-state index contributed by atoms with van der Waals surface area (Å²) in [5.74, 6) is 0.0458. The summed E-state index contributed by atoms with van der Waals surface area (Å²) in [7, 11) is 2.08. The van der Waals surface area contributed by atoms with Crippen molar-refractivity contribution in [2.75, 3.05) is 11.9 Å². The van der Waals surface area contributed by atoms with Crippen LogP contribution in [0.2, 0.25) is 0 Å². The number of nitrogens with zero attached hydrogens (tertiary/aromatic N) is 2. The van der Waals surface area contributed by atoms with Crippen LogP contribution in [0, 0.1) is 0 Å². The van der Waals surface area contributed by atoms with E-state index in [9.17, 15) is 4.79 Å². The maximum Gasteiger partial charge on any atom is 0.241 e. The first-order valence-electron chi connectivity index (χ1n) is 9.97. The number of carbonyl (C=O) groups is 1. The Bertz CT molecular complexity index is 947. The number of benzene rings is 2. The Hall–Kier alpha value is -2.85. The number of para-hydroxylation sites is 1. The van der Waals surface area contributed by atoms with E-state index in [1.807, 2.05) is 43.3 Å². The van der Waals surface area contributed by atoms with Crippen molar-refractivity contribution < 1.29 is 4.79 Å². The highest BCUT2D eigenvalue weighted by Crippen LogP contribution is 2.34. The smallest absolute Gasteiger partial charge is 0.241 e. The number of likely N-dealkylation sites (tertiary alicyclic amines) is 1. The second-order valence-electron chi connectivity index (χ2n) is 7.52. The number of carbonyl (C=O) groups excluding carboxylic acids is 1. The van der Waals surface area contributed by atoms with E-state index in [0.717, 1.165) is 36.2 Å². The van der Waals surface area contributed by atoms with Crippen molar-refractivity contribution >= 4 is 11.6 Å². The van der Waals surface area contributed by atoms with Gasteiger partial charge in [0.05, 0.1) is 12.1 Å². The van der Waals surface area contributed by atoms with Crippen LogP contribution in [0.3, 0.4) is 0 Å². The summed E-state index contributed by atoms with van der Waals surface area (Å²) in [4.78, 5) is 15.5. The lowest BCUT2D eigenvalue weighted by atomic mass is 10.0. The van der Waals surface area contributed by atoms with E-state index in [4.69, 9.17) is 0 Å². The van der Waals surface area contributed by atoms with E-state index in [1.54, 1.807) is 0 Å². The Kier molecular flexibility index (Phi) is 5.31. The maximum atomic E-state index is 13.1. The van der Waals surface area contributed by atoms with Crippen LogP contribution in [0.15, 0.2) is 72.9 Å². The fourth-order valence-corrected chi connectivity index (χ4v) is 4.24. The number of hydrogen-bond acceptors (Lipinski definition) is 2. The molecule has 0 bridgehead atoms. The third-order valence-corrected chi connectivity index (χ3v) is 5.77.